The van der Waals surface area contributed by atoms with Crippen LogP contribution in [0, 0.1) is 22.0 Å². The molecule has 2 aliphatic heterocycles. The van der Waals surface area contributed by atoms with Crippen LogP contribution in [0.25, 0.3) is 0 Å². The number of ether oxygens (including phenoxy) is 1. The molecule has 0 aliphatic carbocycles. The standard InChI is InChI=1S/C22H26N5O6S.CHF3O3S/c1-12-18-17(13(2)28)21(29)26(18)19(20(12)34-10-16-24(3)11-23-25(16)4)22(30)33-9-14-5-7-15(8-6-14)27(31)32;2-1(3,4)8(5,6)7/h5-8,11-13,17-18,28H,9-10H2,1-4H3;(H,5,6,7)/q+1;/p-1/t12-,13-,17-,18-;/m1./s1. The van der Waals surface area contributed by atoms with Gasteiger partial charge in [-0.3, -0.25) is 14.9 Å². The molecule has 1 N–H and O–H groups in total. The number of carbonyl (C=O) groups is 2. The Morgan fingerprint density at radius 3 is 2.33 bits per heavy atom. The van der Waals surface area contributed by atoms with Gasteiger partial charge in [-0.25, -0.2) is 17.8 Å². The number of hydrogen-bond acceptors (Lipinski definition) is 11. The van der Waals surface area contributed by atoms with Crippen molar-refractivity contribution in [3.05, 3.63) is 62.7 Å². The summed E-state index contributed by atoms with van der Waals surface area (Å²) >= 11 is 1.45. The maximum absolute atomic E-state index is 13.2. The van der Waals surface area contributed by atoms with Crippen LogP contribution >= 0.6 is 11.8 Å². The van der Waals surface area contributed by atoms with Gasteiger partial charge < -0.3 is 19.3 Å². The lowest BCUT2D eigenvalue weighted by molar-refractivity contribution is -0.678. The van der Waals surface area contributed by atoms with E-state index in [2.05, 4.69) is 5.10 Å². The zero-order valence-electron chi connectivity index (χ0n) is 22.5. The molecule has 0 bridgehead atoms. The van der Waals surface area contributed by atoms with E-state index < -0.39 is 38.5 Å². The molecule has 0 spiro atoms. The van der Waals surface area contributed by atoms with Gasteiger partial charge in [-0.15, -0.1) is 16.4 Å². The van der Waals surface area contributed by atoms with Crippen LogP contribution in [-0.2, 0) is 50.9 Å². The normalized spacial score (nSPS) is 20.8. The van der Waals surface area contributed by atoms with Gasteiger partial charge in [0.05, 0.1) is 42.8 Å². The summed E-state index contributed by atoms with van der Waals surface area (Å²) in [4.78, 5) is 38.5. The number of halogens is 3. The highest BCUT2D eigenvalue weighted by Gasteiger charge is 2.60. The molecule has 1 saturated heterocycles. The van der Waals surface area contributed by atoms with E-state index in [1.165, 1.54) is 40.9 Å². The predicted molar refractivity (Wildman–Crippen MR) is 136 cm³/mol. The molecule has 2 aromatic rings. The Kier molecular flexibility index (Phi) is 9.70. The Labute approximate surface area is 241 Å². The number of nitro groups is 1. The number of thioether (sulfide) groups is 1. The first-order chi connectivity index (χ1) is 19.4. The zero-order chi connectivity index (χ0) is 31.7. The van der Waals surface area contributed by atoms with Crippen LogP contribution in [0.15, 0.2) is 41.2 Å². The molecule has 42 heavy (non-hydrogen) atoms. The van der Waals surface area contributed by atoms with Crippen molar-refractivity contribution in [2.75, 3.05) is 0 Å². The lowest BCUT2D eigenvalue weighted by Crippen LogP contribution is -2.63. The van der Waals surface area contributed by atoms with E-state index in [1.807, 2.05) is 25.6 Å². The summed E-state index contributed by atoms with van der Waals surface area (Å²) in [6, 6.07) is 5.43. The highest BCUT2D eigenvalue weighted by atomic mass is 32.2. The predicted octanol–water partition coefficient (Wildman–Crippen LogP) is 1.25. The number of rotatable bonds is 8. The largest absolute Gasteiger partial charge is 0.741 e. The molecule has 4 rings (SSSR count). The van der Waals surface area contributed by atoms with E-state index in [-0.39, 0.29) is 35.9 Å². The summed E-state index contributed by atoms with van der Waals surface area (Å²) in [6.07, 6.45) is 0.870. The number of amides is 1. The van der Waals surface area contributed by atoms with Crippen molar-refractivity contribution in [1.82, 2.24) is 14.7 Å². The molecule has 0 unspecified atom stereocenters. The minimum absolute atomic E-state index is 0.0531. The van der Waals surface area contributed by atoms with Crippen molar-refractivity contribution in [1.29, 1.82) is 0 Å². The Balaban J connectivity index is 0.000000531. The van der Waals surface area contributed by atoms with Crippen LogP contribution < -0.4 is 4.57 Å². The number of β-lactam (4-membered cyclic amide) rings is 1. The topological polar surface area (TPSA) is 189 Å². The second-order valence-corrected chi connectivity index (χ2v) is 11.8. The SMILES string of the molecule is C[C@@H](O)[C@H]1C(=O)N2C(C(=O)OCc3ccc([N+](=O)[O-])cc3)=C(SCc3n(C)nc[n+]3C)[C@H](C)[C@H]12.O=S(=O)([O-])C(F)(F)F. The van der Waals surface area contributed by atoms with Gasteiger partial charge >= 0.3 is 11.5 Å². The molecule has 1 fully saturated rings. The van der Waals surface area contributed by atoms with Crippen LogP contribution in [0.5, 0.6) is 0 Å². The molecular formula is C23H26F3N5O9S2. The van der Waals surface area contributed by atoms with Gasteiger partial charge in [0.25, 0.3) is 12.0 Å². The number of benzene rings is 1. The Bertz CT molecular complexity index is 1490. The Morgan fingerprint density at radius 2 is 1.88 bits per heavy atom. The molecule has 1 aromatic carbocycles. The number of non-ortho nitro benzene ring substituents is 1. The number of esters is 1. The van der Waals surface area contributed by atoms with E-state index in [4.69, 9.17) is 17.7 Å². The van der Waals surface area contributed by atoms with Gasteiger partial charge in [-0.1, -0.05) is 6.92 Å². The number of fused-ring (bicyclic) bond motifs is 1. The number of aliphatic hydroxyl groups excluding tert-OH is 1. The Hall–Kier alpha value is -3.55. The van der Waals surface area contributed by atoms with E-state index >= 15 is 0 Å². The molecule has 1 amide bonds. The number of nitrogens with zero attached hydrogens (tertiary/aromatic N) is 5. The summed E-state index contributed by atoms with van der Waals surface area (Å²) in [5.41, 5.74) is -4.90. The fourth-order valence-corrected chi connectivity index (χ4v) is 5.89. The quantitative estimate of drug-likeness (QED) is 0.0834. The van der Waals surface area contributed by atoms with Crippen LogP contribution in [0.3, 0.4) is 0 Å². The van der Waals surface area contributed by atoms with E-state index in [1.54, 1.807) is 17.9 Å². The third-order valence-electron chi connectivity index (χ3n) is 6.64. The van der Waals surface area contributed by atoms with E-state index in [0.29, 0.717) is 11.3 Å². The zero-order valence-corrected chi connectivity index (χ0v) is 24.1. The highest BCUT2D eigenvalue weighted by Crippen LogP contribution is 2.51. The van der Waals surface area contributed by atoms with Crippen molar-refractivity contribution >= 4 is 39.4 Å². The fraction of sp³-hybridized carbons (Fsp3) is 0.478. The summed E-state index contributed by atoms with van der Waals surface area (Å²) < 4.78 is 68.1. The maximum Gasteiger partial charge on any atom is 0.485 e. The number of alkyl halides is 3. The third-order valence-corrected chi connectivity index (χ3v) is 8.48. The summed E-state index contributed by atoms with van der Waals surface area (Å²) in [7, 11) is -2.37. The van der Waals surface area contributed by atoms with Gasteiger partial charge in [-0.05, 0) is 24.6 Å². The monoisotopic (exact) mass is 637 g/mol. The maximum atomic E-state index is 13.2. The van der Waals surface area contributed by atoms with E-state index in [9.17, 15) is 38.0 Å². The van der Waals surface area contributed by atoms with Crippen LogP contribution in [0.1, 0.15) is 25.2 Å². The molecule has 230 valence electrons. The number of nitro benzene ring substituents is 1. The number of aryl methyl sites for hydroxylation is 2. The third kappa shape index (κ3) is 6.74. The average molecular weight is 638 g/mol. The molecular weight excluding hydrogens is 611 g/mol. The van der Waals surface area contributed by atoms with Gasteiger partial charge in [0.1, 0.15) is 12.3 Å². The van der Waals surface area contributed by atoms with Crippen LogP contribution in [-0.4, -0.2) is 67.2 Å². The molecule has 1 aromatic heterocycles. The van der Waals surface area contributed by atoms with Crippen LogP contribution in [0.4, 0.5) is 18.9 Å². The van der Waals surface area contributed by atoms with Crippen molar-refractivity contribution in [2.24, 2.45) is 25.9 Å². The minimum atomic E-state index is -6.09. The second kappa shape index (κ2) is 12.4. The number of hydrogen-bond donors (Lipinski definition) is 1. The molecule has 14 nitrogen and oxygen atoms in total. The summed E-state index contributed by atoms with van der Waals surface area (Å²) in [5.74, 6) is -0.199. The van der Waals surface area contributed by atoms with Gasteiger partial charge in [0, 0.05) is 28.1 Å². The number of aromatic nitrogens is 3. The smallest absolute Gasteiger partial charge is 0.485 e. The van der Waals surface area contributed by atoms with Gasteiger partial charge in [0.15, 0.2) is 10.1 Å². The summed E-state index contributed by atoms with van der Waals surface area (Å²) in [5, 5.41) is 25.2. The first-order valence-electron chi connectivity index (χ1n) is 12.0. The number of carbonyl (C=O) groups excluding carboxylic acids is 2. The van der Waals surface area contributed by atoms with Crippen LogP contribution in [0.2, 0.25) is 0 Å². The lowest BCUT2D eigenvalue weighted by Gasteiger charge is -2.46. The lowest BCUT2D eigenvalue weighted by atomic mass is 9.79. The van der Waals surface area contributed by atoms with Crippen molar-refractivity contribution in [2.45, 2.75) is 43.9 Å². The molecule has 19 heteroatoms. The summed E-state index contributed by atoms with van der Waals surface area (Å²) in [6.45, 7) is 3.44. The van der Waals surface area contributed by atoms with E-state index in [0.717, 1.165) is 10.7 Å². The Morgan fingerprint density at radius 1 is 1.31 bits per heavy atom. The molecule has 4 atom stereocenters. The first-order valence-corrected chi connectivity index (χ1v) is 14.4. The fourth-order valence-electron chi connectivity index (χ4n) is 4.49. The van der Waals surface area contributed by atoms with Crippen molar-refractivity contribution < 1.29 is 55.1 Å². The molecule has 2 aliphatic rings. The molecule has 0 radical (unpaired) electrons. The molecule has 3 heterocycles. The second-order valence-electron chi connectivity index (χ2n) is 9.44. The first kappa shape index (κ1) is 33.0. The van der Waals surface area contributed by atoms with Crippen molar-refractivity contribution in [3.63, 3.8) is 0 Å². The van der Waals surface area contributed by atoms with Gasteiger partial charge in [0.2, 0.25) is 11.7 Å². The van der Waals surface area contributed by atoms with Gasteiger partial charge in [-0.2, -0.15) is 13.2 Å². The highest BCUT2D eigenvalue weighted by molar-refractivity contribution is 8.02. The number of aliphatic hydroxyl groups is 1. The average Bonchev–Trinajstić information content (AvgIpc) is 3.33. The minimum Gasteiger partial charge on any atom is -0.741 e. The van der Waals surface area contributed by atoms with Crippen molar-refractivity contribution in [3.8, 4) is 0 Å². The molecule has 0 saturated carbocycles.